The van der Waals surface area contributed by atoms with Gasteiger partial charge in [0.15, 0.2) is 0 Å². The number of amides is 1. The minimum Gasteiger partial charge on any atom is -0.444 e. The van der Waals surface area contributed by atoms with Crippen LogP contribution in [0.3, 0.4) is 0 Å². The van der Waals surface area contributed by atoms with E-state index in [0.29, 0.717) is 16.8 Å². The number of alkyl carbamates (subject to hydrolysis) is 1. The molecule has 0 fully saturated rings. The fourth-order valence-corrected chi connectivity index (χ4v) is 1.30. The van der Waals surface area contributed by atoms with Crippen molar-refractivity contribution in [3.8, 4) is 17.9 Å². The molecule has 0 aliphatic carbocycles. The van der Waals surface area contributed by atoms with Gasteiger partial charge in [0, 0.05) is 11.3 Å². The van der Waals surface area contributed by atoms with Gasteiger partial charge in [-0.15, -0.1) is 0 Å². The van der Waals surface area contributed by atoms with Crippen molar-refractivity contribution in [3.63, 3.8) is 0 Å². The summed E-state index contributed by atoms with van der Waals surface area (Å²) >= 11 is 0. The maximum Gasteiger partial charge on any atom is 0.408 e. The number of ether oxygens (including phenoxy) is 1. The summed E-state index contributed by atoms with van der Waals surface area (Å²) in [4.78, 5) is 11.4. The molecule has 0 radical (unpaired) electrons. The van der Waals surface area contributed by atoms with Crippen LogP contribution < -0.4 is 11.1 Å². The number of hydrogen-bond donors (Lipinski definition) is 2. The van der Waals surface area contributed by atoms with Gasteiger partial charge in [-0.2, -0.15) is 5.26 Å². The molecule has 104 valence electrons. The highest BCUT2D eigenvalue weighted by molar-refractivity contribution is 5.68. The number of rotatable bonds is 1. The summed E-state index contributed by atoms with van der Waals surface area (Å²) in [5.74, 6) is 5.57. The highest BCUT2D eigenvalue weighted by atomic mass is 16.6. The number of nitrogens with one attached hydrogen (secondary N) is 1. The average molecular weight is 271 g/mol. The zero-order valence-electron chi connectivity index (χ0n) is 11.8. The van der Waals surface area contributed by atoms with E-state index in [2.05, 4.69) is 17.2 Å². The Labute approximate surface area is 118 Å². The van der Waals surface area contributed by atoms with E-state index in [1.54, 1.807) is 39.0 Å². The molecule has 0 aromatic heterocycles. The smallest absolute Gasteiger partial charge is 0.408 e. The van der Waals surface area contributed by atoms with Crippen LogP contribution in [0.5, 0.6) is 0 Å². The second-order valence-electron chi connectivity index (χ2n) is 5.07. The zero-order valence-corrected chi connectivity index (χ0v) is 11.8. The van der Waals surface area contributed by atoms with Crippen molar-refractivity contribution >= 4 is 11.8 Å². The van der Waals surface area contributed by atoms with Crippen molar-refractivity contribution < 1.29 is 9.53 Å². The van der Waals surface area contributed by atoms with E-state index < -0.39 is 11.7 Å². The molecular formula is C15H17N3O2. The lowest BCUT2D eigenvalue weighted by Crippen LogP contribution is -2.32. The number of nitriles is 1. The summed E-state index contributed by atoms with van der Waals surface area (Å²) in [6.07, 6.45) is -0.523. The van der Waals surface area contributed by atoms with Crippen LogP contribution in [0.2, 0.25) is 0 Å². The van der Waals surface area contributed by atoms with Gasteiger partial charge in [0.2, 0.25) is 0 Å². The van der Waals surface area contributed by atoms with E-state index in [1.165, 1.54) is 0 Å². The van der Waals surface area contributed by atoms with Gasteiger partial charge >= 0.3 is 6.09 Å². The number of carbonyl (C=O) groups is 1. The lowest BCUT2D eigenvalue weighted by molar-refractivity contribution is 0.0535. The van der Waals surface area contributed by atoms with Gasteiger partial charge < -0.3 is 15.8 Å². The van der Waals surface area contributed by atoms with E-state index in [4.69, 9.17) is 15.7 Å². The quantitative estimate of drug-likeness (QED) is 0.604. The van der Waals surface area contributed by atoms with Gasteiger partial charge in [-0.1, -0.05) is 11.8 Å². The first-order valence-corrected chi connectivity index (χ1v) is 6.07. The van der Waals surface area contributed by atoms with Gasteiger partial charge in [0.05, 0.1) is 18.2 Å². The highest BCUT2D eigenvalue weighted by Gasteiger charge is 2.14. The molecule has 0 aliphatic heterocycles. The Morgan fingerprint density at radius 3 is 2.75 bits per heavy atom. The zero-order chi connectivity index (χ0) is 15.2. The Morgan fingerprint density at radius 2 is 2.15 bits per heavy atom. The molecule has 0 spiro atoms. The lowest BCUT2D eigenvalue weighted by Gasteiger charge is -2.19. The topological polar surface area (TPSA) is 88.1 Å². The van der Waals surface area contributed by atoms with E-state index in [1.807, 2.05) is 6.07 Å². The number of benzene rings is 1. The van der Waals surface area contributed by atoms with Gasteiger partial charge in [0.25, 0.3) is 0 Å². The van der Waals surface area contributed by atoms with Crippen LogP contribution in [-0.2, 0) is 4.74 Å². The molecule has 1 rings (SSSR count). The molecule has 1 amide bonds. The van der Waals surface area contributed by atoms with Crippen LogP contribution in [-0.4, -0.2) is 18.2 Å². The second-order valence-corrected chi connectivity index (χ2v) is 5.07. The lowest BCUT2D eigenvalue weighted by atomic mass is 10.1. The van der Waals surface area contributed by atoms with E-state index in [-0.39, 0.29) is 6.54 Å². The van der Waals surface area contributed by atoms with Crippen LogP contribution in [0.4, 0.5) is 10.5 Å². The average Bonchev–Trinajstić information content (AvgIpc) is 2.34. The third kappa shape index (κ3) is 5.32. The molecule has 5 heteroatoms. The van der Waals surface area contributed by atoms with E-state index in [0.717, 1.165) is 0 Å². The molecule has 20 heavy (non-hydrogen) atoms. The Hall–Kier alpha value is -2.66. The SMILES string of the molecule is CC(C)(C)OC(=O)NCC#Cc1cc(C#N)ccc1N. The molecule has 3 N–H and O–H groups in total. The Bertz CT molecular complexity index is 598. The third-order valence-corrected chi connectivity index (χ3v) is 2.13. The summed E-state index contributed by atoms with van der Waals surface area (Å²) in [7, 11) is 0. The molecular weight excluding hydrogens is 254 g/mol. The molecule has 1 aromatic rings. The molecule has 0 saturated heterocycles. The monoisotopic (exact) mass is 271 g/mol. The number of anilines is 1. The minimum atomic E-state index is -0.539. The molecule has 0 unspecified atom stereocenters. The number of nitrogens with two attached hydrogens (primary N) is 1. The van der Waals surface area contributed by atoms with Crippen LogP contribution in [0, 0.1) is 23.2 Å². The van der Waals surface area contributed by atoms with Crippen molar-refractivity contribution in [2.75, 3.05) is 12.3 Å². The largest absolute Gasteiger partial charge is 0.444 e. The fraction of sp³-hybridized carbons (Fsp3) is 0.333. The fourth-order valence-electron chi connectivity index (χ4n) is 1.30. The third-order valence-electron chi connectivity index (χ3n) is 2.13. The van der Waals surface area contributed by atoms with Crippen LogP contribution in [0.15, 0.2) is 18.2 Å². The van der Waals surface area contributed by atoms with Crippen molar-refractivity contribution in [1.29, 1.82) is 5.26 Å². The minimum absolute atomic E-state index is 0.144. The van der Waals surface area contributed by atoms with Gasteiger partial charge in [-0.05, 0) is 39.0 Å². The maximum atomic E-state index is 11.4. The summed E-state index contributed by atoms with van der Waals surface area (Å²) in [5.41, 5.74) is 6.76. The van der Waals surface area contributed by atoms with Crippen LogP contribution >= 0.6 is 0 Å². The first-order chi connectivity index (χ1) is 9.31. The summed E-state index contributed by atoms with van der Waals surface area (Å²) in [6, 6.07) is 6.88. The van der Waals surface area contributed by atoms with Crippen molar-refractivity contribution in [3.05, 3.63) is 29.3 Å². The first kappa shape index (κ1) is 15.4. The Kier molecular flexibility index (Phi) is 5.00. The van der Waals surface area contributed by atoms with Crippen LogP contribution in [0.25, 0.3) is 0 Å². The van der Waals surface area contributed by atoms with Crippen molar-refractivity contribution in [2.45, 2.75) is 26.4 Å². The molecule has 0 saturated carbocycles. The maximum absolute atomic E-state index is 11.4. The molecule has 0 heterocycles. The number of nitrogen functional groups attached to an aromatic ring is 1. The first-order valence-electron chi connectivity index (χ1n) is 6.07. The second kappa shape index (κ2) is 6.49. The number of carbonyl (C=O) groups excluding carboxylic acids is 1. The molecule has 5 nitrogen and oxygen atoms in total. The Balaban J connectivity index is 2.60. The molecule has 0 aliphatic rings. The standard InChI is InChI=1S/C15H17N3O2/c1-15(2,3)20-14(19)18-8-4-5-12-9-11(10-16)6-7-13(12)17/h6-7,9H,8,17H2,1-3H3,(H,18,19). The van der Waals surface area contributed by atoms with E-state index in [9.17, 15) is 4.79 Å². The van der Waals surface area contributed by atoms with Gasteiger partial charge in [-0.25, -0.2) is 4.79 Å². The number of hydrogen-bond acceptors (Lipinski definition) is 4. The van der Waals surface area contributed by atoms with Crippen molar-refractivity contribution in [1.82, 2.24) is 5.32 Å². The normalized spacial score (nSPS) is 9.90. The van der Waals surface area contributed by atoms with Gasteiger partial charge in [-0.3, -0.25) is 0 Å². The number of nitrogens with zero attached hydrogens (tertiary/aromatic N) is 1. The van der Waals surface area contributed by atoms with Gasteiger partial charge in [0.1, 0.15) is 5.60 Å². The summed E-state index contributed by atoms with van der Waals surface area (Å²) in [6.45, 7) is 5.50. The predicted molar refractivity (Wildman–Crippen MR) is 76.7 cm³/mol. The highest BCUT2D eigenvalue weighted by Crippen LogP contribution is 2.12. The van der Waals surface area contributed by atoms with E-state index >= 15 is 0 Å². The Morgan fingerprint density at radius 1 is 1.45 bits per heavy atom. The molecule has 0 bridgehead atoms. The van der Waals surface area contributed by atoms with Crippen molar-refractivity contribution in [2.24, 2.45) is 0 Å². The predicted octanol–water partition coefficient (Wildman–Crippen LogP) is 2.02. The molecule has 1 aromatic carbocycles. The summed E-state index contributed by atoms with van der Waals surface area (Å²) in [5, 5.41) is 11.3. The summed E-state index contributed by atoms with van der Waals surface area (Å²) < 4.78 is 5.06. The molecule has 0 atom stereocenters. The van der Waals surface area contributed by atoms with Crippen LogP contribution in [0.1, 0.15) is 31.9 Å².